The lowest BCUT2D eigenvalue weighted by atomic mass is 10.2. The highest BCUT2D eigenvalue weighted by molar-refractivity contribution is 5.28. The number of hydrogen-bond acceptors (Lipinski definition) is 1. The van der Waals surface area contributed by atoms with Crippen molar-refractivity contribution in [3.8, 4) is 0 Å². The van der Waals surface area contributed by atoms with Crippen LogP contribution in [-0.4, -0.2) is 25.5 Å². The smallest absolute Gasteiger partial charge is 0.0300 e. The summed E-state index contributed by atoms with van der Waals surface area (Å²) in [6, 6.07) is 0. The van der Waals surface area contributed by atoms with Gasteiger partial charge in [0.25, 0.3) is 0 Å². The van der Waals surface area contributed by atoms with Crippen molar-refractivity contribution in [1.82, 2.24) is 4.90 Å². The average molecular weight is 147 g/mol. The minimum atomic E-state index is 0.953. The Morgan fingerprint density at radius 1 is 1.27 bits per heavy atom. The first-order valence-electron chi connectivity index (χ1n) is 3.72. The Bertz CT molecular complexity index is 238. The maximum atomic E-state index is 3.19. The zero-order chi connectivity index (χ0) is 8.10. The predicted molar refractivity (Wildman–Crippen MR) is 48.4 cm³/mol. The van der Waals surface area contributed by atoms with E-state index in [2.05, 4.69) is 30.8 Å². The van der Waals surface area contributed by atoms with Crippen molar-refractivity contribution in [2.75, 3.05) is 20.6 Å². The normalized spacial score (nSPS) is 15.4. The van der Waals surface area contributed by atoms with Gasteiger partial charge in [-0.05, 0) is 26.2 Å². The summed E-state index contributed by atoms with van der Waals surface area (Å²) in [5, 5.41) is 0. The van der Waals surface area contributed by atoms with E-state index in [1.807, 2.05) is 24.3 Å². The van der Waals surface area contributed by atoms with E-state index in [-0.39, 0.29) is 0 Å². The molecule has 0 radical (unpaired) electrons. The Hall–Kier alpha value is -1.04. The van der Waals surface area contributed by atoms with Gasteiger partial charge >= 0.3 is 0 Å². The molecule has 0 unspecified atom stereocenters. The highest BCUT2D eigenvalue weighted by Gasteiger charge is 1.92. The van der Waals surface area contributed by atoms with Crippen LogP contribution in [0.15, 0.2) is 41.7 Å². The van der Waals surface area contributed by atoms with Crippen molar-refractivity contribution in [3.63, 3.8) is 0 Å². The summed E-state index contributed by atoms with van der Waals surface area (Å²) in [5.41, 5.74) is 4.41. The van der Waals surface area contributed by atoms with E-state index >= 15 is 0 Å². The lowest BCUT2D eigenvalue weighted by Crippen LogP contribution is -2.13. The van der Waals surface area contributed by atoms with Crippen molar-refractivity contribution in [1.29, 1.82) is 0 Å². The van der Waals surface area contributed by atoms with E-state index in [4.69, 9.17) is 0 Å². The Morgan fingerprint density at radius 2 is 2.09 bits per heavy atom. The molecule has 0 aromatic heterocycles. The summed E-state index contributed by atoms with van der Waals surface area (Å²) in [6.45, 7) is 0.953. The molecule has 0 amide bonds. The van der Waals surface area contributed by atoms with Crippen molar-refractivity contribution < 1.29 is 0 Å². The van der Waals surface area contributed by atoms with Crippen LogP contribution in [-0.2, 0) is 0 Å². The lowest BCUT2D eigenvalue weighted by molar-refractivity contribution is 0.449. The first-order chi connectivity index (χ1) is 5.29. The summed E-state index contributed by atoms with van der Waals surface area (Å²) >= 11 is 0. The van der Waals surface area contributed by atoms with Gasteiger partial charge in [0.1, 0.15) is 0 Å². The van der Waals surface area contributed by atoms with Gasteiger partial charge in [0.15, 0.2) is 0 Å². The predicted octanol–water partition coefficient (Wildman–Crippen LogP) is 1.76. The van der Waals surface area contributed by atoms with Gasteiger partial charge in [-0.1, -0.05) is 18.2 Å². The number of hydrogen-bond donors (Lipinski definition) is 0. The molecule has 0 spiro atoms. The lowest BCUT2D eigenvalue weighted by Gasteiger charge is -2.07. The second kappa shape index (κ2) is 3.97. The summed E-state index contributed by atoms with van der Waals surface area (Å²) in [5.74, 6) is 0. The summed E-state index contributed by atoms with van der Waals surface area (Å²) in [4.78, 5) is 2.13. The van der Waals surface area contributed by atoms with Crippen LogP contribution in [0.2, 0.25) is 0 Å². The third-order valence-corrected chi connectivity index (χ3v) is 1.37. The van der Waals surface area contributed by atoms with Gasteiger partial charge in [0, 0.05) is 12.1 Å². The number of nitrogens with zero attached hydrogens (tertiary/aromatic N) is 1. The Morgan fingerprint density at radius 3 is 2.82 bits per heavy atom. The van der Waals surface area contributed by atoms with Crippen LogP contribution < -0.4 is 0 Å². The molecule has 1 nitrogen and oxygen atoms in total. The molecule has 0 aromatic rings. The maximum absolute atomic E-state index is 3.19. The zero-order valence-corrected chi connectivity index (χ0v) is 7.04. The van der Waals surface area contributed by atoms with E-state index in [9.17, 15) is 0 Å². The second-order valence-electron chi connectivity index (χ2n) is 2.82. The molecule has 0 fully saturated rings. The Labute approximate surface area is 68.0 Å². The summed E-state index contributed by atoms with van der Waals surface area (Å²) < 4.78 is 0. The molecule has 1 rings (SSSR count). The van der Waals surface area contributed by atoms with Crippen LogP contribution in [0.3, 0.4) is 0 Å². The molecule has 0 heterocycles. The van der Waals surface area contributed by atoms with Crippen LogP contribution in [0.4, 0.5) is 0 Å². The first-order valence-corrected chi connectivity index (χ1v) is 3.72. The summed E-state index contributed by atoms with van der Waals surface area (Å²) in [6.07, 6.45) is 10.1. The molecule has 1 aliphatic rings. The second-order valence-corrected chi connectivity index (χ2v) is 2.82. The van der Waals surface area contributed by atoms with Gasteiger partial charge in [-0.2, -0.15) is 0 Å². The van der Waals surface area contributed by atoms with Gasteiger partial charge in [0.05, 0.1) is 0 Å². The largest absolute Gasteiger partial charge is 0.305 e. The Kier molecular flexibility index (Phi) is 2.91. The van der Waals surface area contributed by atoms with Gasteiger partial charge in [-0.15, -0.1) is 5.73 Å². The van der Waals surface area contributed by atoms with E-state index in [1.165, 1.54) is 5.57 Å². The third-order valence-electron chi connectivity index (χ3n) is 1.37. The van der Waals surface area contributed by atoms with Gasteiger partial charge in [0.2, 0.25) is 0 Å². The maximum Gasteiger partial charge on any atom is 0.0300 e. The van der Waals surface area contributed by atoms with Crippen LogP contribution in [0.5, 0.6) is 0 Å². The van der Waals surface area contributed by atoms with Crippen molar-refractivity contribution >= 4 is 0 Å². The monoisotopic (exact) mass is 147 g/mol. The van der Waals surface area contributed by atoms with E-state index < -0.39 is 0 Å². The molecular weight excluding hydrogens is 134 g/mol. The molecule has 0 saturated heterocycles. The molecule has 58 valence electrons. The van der Waals surface area contributed by atoms with E-state index in [1.54, 1.807) is 0 Å². The molecule has 0 bridgehead atoms. The molecule has 0 atom stereocenters. The fourth-order valence-corrected chi connectivity index (χ4v) is 0.934. The van der Waals surface area contributed by atoms with Gasteiger partial charge in [-0.25, -0.2) is 0 Å². The number of likely N-dealkylation sites (N-methyl/N-ethyl adjacent to an activating group) is 1. The van der Waals surface area contributed by atoms with Crippen molar-refractivity contribution in [3.05, 3.63) is 41.7 Å². The molecule has 0 saturated carbocycles. The van der Waals surface area contributed by atoms with Crippen molar-refractivity contribution in [2.24, 2.45) is 0 Å². The highest BCUT2D eigenvalue weighted by Crippen LogP contribution is 1.99. The van der Waals surface area contributed by atoms with Crippen molar-refractivity contribution in [2.45, 2.75) is 0 Å². The first kappa shape index (κ1) is 8.06. The SMILES string of the molecule is CN(C)CC1=C=CC=CC=C1. The third kappa shape index (κ3) is 3.03. The molecule has 1 heteroatoms. The molecule has 0 aromatic carbocycles. The van der Waals surface area contributed by atoms with Crippen LogP contribution in [0, 0.1) is 0 Å². The fraction of sp³-hybridized carbons (Fsp3) is 0.300. The molecular formula is C10H13N. The number of rotatable bonds is 2. The molecule has 11 heavy (non-hydrogen) atoms. The van der Waals surface area contributed by atoms with Crippen LogP contribution in [0.25, 0.3) is 0 Å². The van der Waals surface area contributed by atoms with E-state index in [0.29, 0.717) is 0 Å². The minimum absolute atomic E-state index is 0.953. The minimum Gasteiger partial charge on any atom is -0.305 e. The fourth-order valence-electron chi connectivity index (χ4n) is 0.934. The molecule has 0 aliphatic heterocycles. The van der Waals surface area contributed by atoms with E-state index in [0.717, 1.165) is 6.54 Å². The number of allylic oxidation sites excluding steroid dienone is 3. The van der Waals surface area contributed by atoms with Gasteiger partial charge in [-0.3, -0.25) is 0 Å². The topological polar surface area (TPSA) is 3.24 Å². The Balaban J connectivity index is 2.65. The zero-order valence-electron chi connectivity index (χ0n) is 7.04. The molecule has 0 N–H and O–H groups in total. The molecule has 1 aliphatic carbocycles. The quantitative estimate of drug-likeness (QED) is 0.538. The standard InChI is InChI=1S/C10H13N/c1-11(2)9-10-7-5-3-4-6-8-10/h3-7H,9H2,1-2H3. The van der Waals surface area contributed by atoms with Gasteiger partial charge < -0.3 is 4.90 Å². The highest BCUT2D eigenvalue weighted by atomic mass is 15.0. The summed E-state index contributed by atoms with van der Waals surface area (Å²) in [7, 11) is 4.11. The van der Waals surface area contributed by atoms with Crippen LogP contribution in [0.1, 0.15) is 0 Å². The van der Waals surface area contributed by atoms with Crippen LogP contribution >= 0.6 is 0 Å². The average Bonchev–Trinajstić information content (AvgIpc) is 2.14.